The van der Waals surface area contributed by atoms with E-state index in [1.165, 1.54) is 12.3 Å². The average Bonchev–Trinajstić information content (AvgIpc) is 2.41. The van der Waals surface area contributed by atoms with Crippen LogP contribution in [0, 0.1) is 0 Å². The fourth-order valence-electron chi connectivity index (χ4n) is 1.88. The molecule has 20 heavy (non-hydrogen) atoms. The van der Waals surface area contributed by atoms with E-state index in [4.69, 9.17) is 16.2 Å². The Morgan fingerprint density at radius 2 is 2.00 bits per heavy atom. The van der Waals surface area contributed by atoms with Gasteiger partial charge >= 0.3 is 0 Å². The van der Waals surface area contributed by atoms with Crippen LogP contribution in [0.4, 0.5) is 5.69 Å². The molecule has 4 N–H and O–H groups in total. The lowest BCUT2D eigenvalue weighted by molar-refractivity contribution is 0.100. The van der Waals surface area contributed by atoms with E-state index < -0.39 is 5.91 Å². The number of amides is 1. The molecule has 5 nitrogen and oxygen atoms in total. The average molecular weight is 271 g/mol. The van der Waals surface area contributed by atoms with E-state index in [1.807, 2.05) is 24.3 Å². The summed E-state index contributed by atoms with van der Waals surface area (Å²) in [5.74, 6) is 0.707. The van der Waals surface area contributed by atoms with Gasteiger partial charge in [-0.1, -0.05) is 32.0 Å². The summed E-state index contributed by atoms with van der Waals surface area (Å²) in [6.45, 7) is 4.15. The maximum atomic E-state index is 11.3. The molecule has 1 heterocycles. The van der Waals surface area contributed by atoms with Gasteiger partial charge in [-0.05, 0) is 17.5 Å². The van der Waals surface area contributed by atoms with Crippen molar-refractivity contribution in [2.75, 3.05) is 5.73 Å². The highest BCUT2D eigenvalue weighted by molar-refractivity contribution is 5.98. The number of pyridine rings is 1. The smallest absolute Gasteiger partial charge is 0.251 e. The molecular weight excluding hydrogens is 254 g/mol. The standard InChI is InChI=1S/C15H17N3O2/c1-9(2)10-5-3-4-6-13(10)20-14-7-11(15(17)19)12(16)8-18-14/h3-9H,16H2,1-2H3,(H2,17,19). The van der Waals surface area contributed by atoms with Gasteiger partial charge in [-0.3, -0.25) is 4.79 Å². The Morgan fingerprint density at radius 1 is 1.30 bits per heavy atom. The molecule has 0 fully saturated rings. The summed E-state index contributed by atoms with van der Waals surface area (Å²) in [4.78, 5) is 15.3. The molecule has 0 aliphatic heterocycles. The molecular formula is C15H17N3O2. The second-order valence-electron chi connectivity index (χ2n) is 4.77. The first-order valence-electron chi connectivity index (χ1n) is 6.31. The van der Waals surface area contributed by atoms with Gasteiger partial charge in [0, 0.05) is 6.07 Å². The molecule has 1 aromatic heterocycles. The van der Waals surface area contributed by atoms with Crippen LogP contribution in [-0.4, -0.2) is 10.9 Å². The summed E-state index contributed by atoms with van der Waals surface area (Å²) in [6, 6.07) is 9.14. The first-order chi connectivity index (χ1) is 9.49. The predicted molar refractivity (Wildman–Crippen MR) is 77.8 cm³/mol. The van der Waals surface area contributed by atoms with Crippen molar-refractivity contribution in [3.8, 4) is 11.6 Å². The van der Waals surface area contributed by atoms with E-state index in [-0.39, 0.29) is 11.3 Å². The van der Waals surface area contributed by atoms with Crippen LogP contribution in [0.25, 0.3) is 0 Å². The quantitative estimate of drug-likeness (QED) is 0.894. The van der Waals surface area contributed by atoms with Gasteiger partial charge in [-0.25, -0.2) is 4.98 Å². The normalized spacial score (nSPS) is 10.6. The number of carbonyl (C=O) groups is 1. The lowest BCUT2D eigenvalue weighted by atomic mass is 10.0. The van der Waals surface area contributed by atoms with Crippen LogP contribution < -0.4 is 16.2 Å². The number of ether oxygens (including phenoxy) is 1. The molecule has 0 saturated heterocycles. The van der Waals surface area contributed by atoms with Gasteiger partial charge in [-0.2, -0.15) is 0 Å². The van der Waals surface area contributed by atoms with Crippen LogP contribution >= 0.6 is 0 Å². The van der Waals surface area contributed by atoms with Crippen molar-refractivity contribution in [3.63, 3.8) is 0 Å². The monoisotopic (exact) mass is 271 g/mol. The number of hydrogen-bond acceptors (Lipinski definition) is 4. The third-order valence-corrected chi connectivity index (χ3v) is 2.93. The van der Waals surface area contributed by atoms with Crippen LogP contribution in [0.1, 0.15) is 35.7 Å². The first-order valence-corrected chi connectivity index (χ1v) is 6.31. The van der Waals surface area contributed by atoms with E-state index in [9.17, 15) is 4.79 Å². The number of nitrogen functional groups attached to an aromatic ring is 1. The van der Waals surface area contributed by atoms with Gasteiger partial charge in [0.1, 0.15) is 5.75 Å². The highest BCUT2D eigenvalue weighted by Crippen LogP contribution is 2.30. The number of carbonyl (C=O) groups excluding carboxylic acids is 1. The number of nitrogens with zero attached hydrogens (tertiary/aromatic N) is 1. The first kappa shape index (κ1) is 13.9. The summed E-state index contributed by atoms with van der Waals surface area (Å²) in [5, 5.41) is 0. The fourth-order valence-corrected chi connectivity index (χ4v) is 1.88. The minimum atomic E-state index is -0.605. The van der Waals surface area contributed by atoms with Gasteiger partial charge in [0.25, 0.3) is 5.91 Å². The summed E-state index contributed by atoms with van der Waals surface area (Å²) in [5.41, 5.74) is 12.4. The molecule has 0 radical (unpaired) electrons. The third-order valence-electron chi connectivity index (χ3n) is 2.93. The molecule has 1 aromatic carbocycles. The zero-order valence-corrected chi connectivity index (χ0v) is 11.5. The molecule has 0 aliphatic rings. The Bertz CT molecular complexity index is 639. The van der Waals surface area contributed by atoms with Crippen LogP contribution in [-0.2, 0) is 0 Å². The Hall–Kier alpha value is -2.56. The van der Waals surface area contributed by atoms with Crippen molar-refractivity contribution in [2.24, 2.45) is 5.73 Å². The topological polar surface area (TPSA) is 91.2 Å². The molecule has 1 amide bonds. The maximum Gasteiger partial charge on any atom is 0.251 e. The lowest BCUT2D eigenvalue weighted by Gasteiger charge is -2.13. The number of aromatic nitrogens is 1. The maximum absolute atomic E-state index is 11.3. The Morgan fingerprint density at radius 3 is 2.65 bits per heavy atom. The summed E-state index contributed by atoms with van der Waals surface area (Å²) >= 11 is 0. The predicted octanol–water partition coefficient (Wildman–Crippen LogP) is 2.68. The number of benzene rings is 1. The van der Waals surface area contributed by atoms with Crippen LogP contribution in [0.2, 0.25) is 0 Å². The molecule has 0 bridgehead atoms. The van der Waals surface area contributed by atoms with Crippen molar-refractivity contribution in [3.05, 3.63) is 47.7 Å². The van der Waals surface area contributed by atoms with E-state index in [2.05, 4.69) is 18.8 Å². The minimum Gasteiger partial charge on any atom is -0.439 e. The van der Waals surface area contributed by atoms with E-state index >= 15 is 0 Å². The van der Waals surface area contributed by atoms with E-state index in [0.29, 0.717) is 17.5 Å². The number of anilines is 1. The van der Waals surface area contributed by atoms with Crippen LogP contribution in [0.5, 0.6) is 11.6 Å². The van der Waals surface area contributed by atoms with Crippen molar-refractivity contribution in [2.45, 2.75) is 19.8 Å². The van der Waals surface area contributed by atoms with Gasteiger partial charge in [-0.15, -0.1) is 0 Å². The molecule has 2 aromatic rings. The second kappa shape index (κ2) is 5.61. The zero-order chi connectivity index (χ0) is 14.7. The van der Waals surface area contributed by atoms with Crippen molar-refractivity contribution < 1.29 is 9.53 Å². The molecule has 0 spiro atoms. The highest BCUT2D eigenvalue weighted by Gasteiger charge is 2.12. The second-order valence-corrected chi connectivity index (χ2v) is 4.77. The van der Waals surface area contributed by atoms with Crippen molar-refractivity contribution in [1.82, 2.24) is 4.98 Å². The van der Waals surface area contributed by atoms with Crippen molar-refractivity contribution >= 4 is 11.6 Å². The number of primary amides is 1. The summed E-state index contributed by atoms with van der Waals surface area (Å²) in [6.07, 6.45) is 1.37. The van der Waals surface area contributed by atoms with Crippen LogP contribution in [0.15, 0.2) is 36.5 Å². The SMILES string of the molecule is CC(C)c1ccccc1Oc1cc(C(N)=O)c(N)cn1. The van der Waals surface area contributed by atoms with Crippen molar-refractivity contribution in [1.29, 1.82) is 0 Å². The Labute approximate surface area is 117 Å². The summed E-state index contributed by atoms with van der Waals surface area (Å²) in [7, 11) is 0. The molecule has 104 valence electrons. The zero-order valence-electron chi connectivity index (χ0n) is 11.5. The molecule has 0 saturated carbocycles. The van der Waals surface area contributed by atoms with Gasteiger partial charge < -0.3 is 16.2 Å². The van der Waals surface area contributed by atoms with Gasteiger partial charge in [0.15, 0.2) is 0 Å². The third kappa shape index (κ3) is 2.88. The van der Waals surface area contributed by atoms with E-state index in [1.54, 1.807) is 0 Å². The largest absolute Gasteiger partial charge is 0.439 e. The Kier molecular flexibility index (Phi) is 3.89. The van der Waals surface area contributed by atoms with Gasteiger partial charge in [0.05, 0.1) is 17.4 Å². The molecule has 5 heteroatoms. The number of para-hydroxylation sites is 1. The lowest BCUT2D eigenvalue weighted by Crippen LogP contribution is -2.14. The summed E-state index contributed by atoms with van der Waals surface area (Å²) < 4.78 is 5.74. The van der Waals surface area contributed by atoms with E-state index in [0.717, 1.165) is 5.56 Å². The number of rotatable bonds is 4. The fraction of sp³-hybridized carbons (Fsp3) is 0.200. The number of nitrogens with two attached hydrogens (primary N) is 2. The molecule has 2 rings (SSSR count). The molecule has 0 unspecified atom stereocenters. The van der Waals surface area contributed by atoms with Gasteiger partial charge in [0.2, 0.25) is 5.88 Å². The Balaban J connectivity index is 2.36. The minimum absolute atomic E-state index is 0.206. The number of hydrogen-bond donors (Lipinski definition) is 2. The molecule has 0 atom stereocenters. The van der Waals surface area contributed by atoms with Crippen LogP contribution in [0.3, 0.4) is 0 Å². The molecule has 0 aliphatic carbocycles. The highest BCUT2D eigenvalue weighted by atomic mass is 16.5.